The third kappa shape index (κ3) is 4.99. The molecule has 1 saturated carbocycles. The van der Waals surface area contributed by atoms with E-state index in [0.717, 1.165) is 31.8 Å². The lowest BCUT2D eigenvalue weighted by Gasteiger charge is -2.25. The fourth-order valence-electron chi connectivity index (χ4n) is 3.71. The molecule has 4 heteroatoms. The highest BCUT2D eigenvalue weighted by Crippen LogP contribution is 2.27. The van der Waals surface area contributed by atoms with Crippen LogP contribution in [0.2, 0.25) is 0 Å². The maximum atomic E-state index is 12.4. The van der Waals surface area contributed by atoms with Gasteiger partial charge in [0, 0.05) is 38.5 Å². The molecule has 0 radical (unpaired) electrons. The Kier molecular flexibility index (Phi) is 6.71. The fraction of sp³-hybridized carbons (Fsp3) is 0.889. The molecule has 2 rings (SSSR count). The van der Waals surface area contributed by atoms with Gasteiger partial charge in [-0.1, -0.05) is 46.0 Å². The Morgan fingerprint density at radius 3 is 2.23 bits per heavy atom. The number of hydrogen-bond donors (Lipinski definition) is 0. The quantitative estimate of drug-likeness (QED) is 0.801. The first-order chi connectivity index (χ1) is 10.6. The van der Waals surface area contributed by atoms with Crippen LogP contribution >= 0.6 is 0 Å². The van der Waals surface area contributed by atoms with Crippen molar-refractivity contribution in [1.82, 2.24) is 9.80 Å². The van der Waals surface area contributed by atoms with Crippen molar-refractivity contribution in [2.75, 3.05) is 26.2 Å². The summed E-state index contributed by atoms with van der Waals surface area (Å²) in [6, 6.07) is 0. The van der Waals surface area contributed by atoms with Crippen molar-refractivity contribution >= 4 is 11.8 Å². The average molecular weight is 308 g/mol. The van der Waals surface area contributed by atoms with Crippen molar-refractivity contribution in [2.45, 2.75) is 65.2 Å². The Morgan fingerprint density at radius 1 is 0.909 bits per heavy atom. The topological polar surface area (TPSA) is 40.6 Å². The van der Waals surface area contributed by atoms with Crippen molar-refractivity contribution in [3.8, 4) is 0 Å². The van der Waals surface area contributed by atoms with Gasteiger partial charge in [-0.3, -0.25) is 9.59 Å². The minimum atomic E-state index is 0.0496. The predicted molar refractivity (Wildman–Crippen MR) is 88.4 cm³/mol. The Balaban J connectivity index is 1.75. The van der Waals surface area contributed by atoms with Crippen LogP contribution in [0.4, 0.5) is 0 Å². The summed E-state index contributed by atoms with van der Waals surface area (Å²) >= 11 is 0. The monoisotopic (exact) mass is 308 g/mol. The van der Waals surface area contributed by atoms with Crippen LogP contribution in [0.25, 0.3) is 0 Å². The lowest BCUT2D eigenvalue weighted by Crippen LogP contribution is -2.39. The molecule has 126 valence electrons. The summed E-state index contributed by atoms with van der Waals surface area (Å²) in [7, 11) is 0. The lowest BCUT2D eigenvalue weighted by atomic mass is 9.86. The van der Waals surface area contributed by atoms with Crippen LogP contribution in [-0.4, -0.2) is 47.8 Å². The van der Waals surface area contributed by atoms with Crippen molar-refractivity contribution < 1.29 is 9.59 Å². The van der Waals surface area contributed by atoms with Gasteiger partial charge in [0.15, 0.2) is 0 Å². The van der Waals surface area contributed by atoms with Gasteiger partial charge in [-0.05, 0) is 18.8 Å². The van der Waals surface area contributed by atoms with E-state index in [9.17, 15) is 9.59 Å². The standard InChI is InChI=1S/C18H32N2O2/c1-15(2)18(22)20-12-6-11-19(13-14-20)17(21)10-9-16-7-4-3-5-8-16/h15-16H,3-14H2,1-2H3. The van der Waals surface area contributed by atoms with Crippen molar-refractivity contribution in [2.24, 2.45) is 11.8 Å². The molecule has 0 spiro atoms. The fourth-order valence-corrected chi connectivity index (χ4v) is 3.71. The number of amides is 2. The molecular weight excluding hydrogens is 276 g/mol. The normalized spacial score (nSPS) is 21.0. The molecule has 0 atom stereocenters. The van der Waals surface area contributed by atoms with Gasteiger partial charge in [-0.15, -0.1) is 0 Å². The van der Waals surface area contributed by atoms with Crippen LogP contribution in [0.1, 0.15) is 65.2 Å². The van der Waals surface area contributed by atoms with E-state index in [1.54, 1.807) is 0 Å². The third-order valence-electron chi connectivity index (χ3n) is 5.15. The zero-order valence-electron chi connectivity index (χ0n) is 14.4. The molecule has 2 fully saturated rings. The van der Waals surface area contributed by atoms with Gasteiger partial charge in [0.2, 0.25) is 11.8 Å². The van der Waals surface area contributed by atoms with Gasteiger partial charge >= 0.3 is 0 Å². The summed E-state index contributed by atoms with van der Waals surface area (Å²) in [5.41, 5.74) is 0. The summed E-state index contributed by atoms with van der Waals surface area (Å²) in [4.78, 5) is 28.4. The van der Waals surface area contributed by atoms with Crippen LogP contribution in [-0.2, 0) is 9.59 Å². The molecule has 1 saturated heterocycles. The largest absolute Gasteiger partial charge is 0.341 e. The maximum Gasteiger partial charge on any atom is 0.225 e. The van der Waals surface area contributed by atoms with Gasteiger partial charge in [-0.25, -0.2) is 0 Å². The number of nitrogens with zero attached hydrogens (tertiary/aromatic N) is 2. The van der Waals surface area contributed by atoms with E-state index in [1.165, 1.54) is 32.1 Å². The number of rotatable bonds is 4. The van der Waals surface area contributed by atoms with Crippen LogP contribution in [0.5, 0.6) is 0 Å². The Hall–Kier alpha value is -1.06. The van der Waals surface area contributed by atoms with E-state index >= 15 is 0 Å². The molecular formula is C18H32N2O2. The van der Waals surface area contributed by atoms with Crippen LogP contribution in [0.3, 0.4) is 0 Å². The van der Waals surface area contributed by atoms with Crippen LogP contribution in [0.15, 0.2) is 0 Å². The summed E-state index contributed by atoms with van der Waals surface area (Å²) in [6.45, 7) is 6.91. The van der Waals surface area contributed by atoms with Gasteiger partial charge in [0.1, 0.15) is 0 Å². The van der Waals surface area contributed by atoms with Gasteiger partial charge < -0.3 is 9.80 Å². The first kappa shape index (κ1) is 17.3. The van der Waals surface area contributed by atoms with Crippen molar-refractivity contribution in [3.05, 3.63) is 0 Å². The first-order valence-electron chi connectivity index (χ1n) is 9.14. The zero-order chi connectivity index (χ0) is 15.9. The molecule has 22 heavy (non-hydrogen) atoms. The molecule has 1 aliphatic carbocycles. The highest BCUT2D eigenvalue weighted by molar-refractivity contribution is 5.79. The van der Waals surface area contributed by atoms with Gasteiger partial charge in [0.25, 0.3) is 0 Å². The molecule has 0 bridgehead atoms. The molecule has 2 aliphatic rings. The van der Waals surface area contributed by atoms with E-state index in [0.29, 0.717) is 25.4 Å². The second-order valence-corrected chi connectivity index (χ2v) is 7.26. The van der Waals surface area contributed by atoms with Crippen molar-refractivity contribution in [3.63, 3.8) is 0 Å². The second-order valence-electron chi connectivity index (χ2n) is 7.26. The number of carbonyl (C=O) groups is 2. The lowest BCUT2D eigenvalue weighted by molar-refractivity contribution is -0.135. The van der Waals surface area contributed by atoms with E-state index in [1.807, 2.05) is 23.6 Å². The highest BCUT2D eigenvalue weighted by Gasteiger charge is 2.24. The Labute approximate surface area is 135 Å². The third-order valence-corrected chi connectivity index (χ3v) is 5.15. The molecule has 0 N–H and O–H groups in total. The SMILES string of the molecule is CC(C)C(=O)N1CCCN(C(=O)CCC2CCCCC2)CC1. The summed E-state index contributed by atoms with van der Waals surface area (Å²) in [5.74, 6) is 1.33. The van der Waals surface area contributed by atoms with Gasteiger partial charge in [-0.2, -0.15) is 0 Å². The second kappa shape index (κ2) is 8.54. The minimum Gasteiger partial charge on any atom is -0.341 e. The maximum absolute atomic E-state index is 12.4. The smallest absolute Gasteiger partial charge is 0.225 e. The summed E-state index contributed by atoms with van der Waals surface area (Å²) in [6.07, 6.45) is 9.34. The minimum absolute atomic E-state index is 0.0496. The molecule has 1 heterocycles. The number of carbonyl (C=O) groups excluding carboxylic acids is 2. The van der Waals surface area contributed by atoms with E-state index < -0.39 is 0 Å². The summed E-state index contributed by atoms with van der Waals surface area (Å²) in [5, 5.41) is 0. The van der Waals surface area contributed by atoms with E-state index in [-0.39, 0.29) is 11.8 Å². The zero-order valence-corrected chi connectivity index (χ0v) is 14.4. The Bertz CT molecular complexity index is 375. The van der Waals surface area contributed by atoms with Crippen LogP contribution in [0, 0.1) is 11.8 Å². The Morgan fingerprint density at radius 2 is 1.55 bits per heavy atom. The van der Waals surface area contributed by atoms with Crippen LogP contribution < -0.4 is 0 Å². The molecule has 4 nitrogen and oxygen atoms in total. The van der Waals surface area contributed by atoms with E-state index in [2.05, 4.69) is 0 Å². The molecule has 0 aromatic heterocycles. The van der Waals surface area contributed by atoms with E-state index in [4.69, 9.17) is 0 Å². The van der Waals surface area contributed by atoms with Gasteiger partial charge in [0.05, 0.1) is 0 Å². The highest BCUT2D eigenvalue weighted by atomic mass is 16.2. The predicted octanol–water partition coefficient (Wildman–Crippen LogP) is 3.06. The average Bonchev–Trinajstić information content (AvgIpc) is 2.78. The molecule has 0 unspecified atom stereocenters. The molecule has 0 aromatic rings. The summed E-state index contributed by atoms with van der Waals surface area (Å²) < 4.78 is 0. The first-order valence-corrected chi connectivity index (χ1v) is 9.14. The molecule has 1 aliphatic heterocycles. The number of hydrogen-bond acceptors (Lipinski definition) is 2. The molecule has 0 aromatic carbocycles. The van der Waals surface area contributed by atoms with Crippen molar-refractivity contribution in [1.29, 1.82) is 0 Å². The molecule has 2 amide bonds.